The quantitative estimate of drug-likeness (QED) is 0.789. The van der Waals surface area contributed by atoms with Crippen LogP contribution in [0.4, 0.5) is 0 Å². The molecule has 0 unspecified atom stereocenters. The van der Waals surface area contributed by atoms with Crippen LogP contribution in [0.2, 0.25) is 0 Å². The van der Waals surface area contributed by atoms with Gasteiger partial charge in [-0.05, 0) is 13.8 Å². The third-order valence-corrected chi connectivity index (χ3v) is 3.22. The van der Waals surface area contributed by atoms with Crippen LogP contribution in [0.15, 0.2) is 5.38 Å². The molecule has 0 bridgehead atoms. The molecular formula is C11H20N2O2S. The first-order valence-corrected chi connectivity index (χ1v) is 6.32. The number of aliphatic hydroxyl groups excluding tert-OH is 1. The van der Waals surface area contributed by atoms with E-state index in [2.05, 4.69) is 29.1 Å². The summed E-state index contributed by atoms with van der Waals surface area (Å²) < 4.78 is 5.04. The van der Waals surface area contributed by atoms with Crippen LogP contribution in [0.3, 0.4) is 0 Å². The van der Waals surface area contributed by atoms with Gasteiger partial charge >= 0.3 is 0 Å². The van der Waals surface area contributed by atoms with Crippen molar-refractivity contribution in [1.29, 1.82) is 0 Å². The summed E-state index contributed by atoms with van der Waals surface area (Å²) in [5.74, 6) is 0. The largest absolute Gasteiger partial charge is 0.395 e. The molecule has 4 nitrogen and oxygen atoms in total. The van der Waals surface area contributed by atoms with Crippen LogP contribution in [0.1, 0.15) is 24.5 Å². The molecule has 0 aliphatic heterocycles. The first kappa shape index (κ1) is 13.6. The van der Waals surface area contributed by atoms with Crippen molar-refractivity contribution < 1.29 is 9.84 Å². The first-order valence-electron chi connectivity index (χ1n) is 5.44. The third kappa shape index (κ3) is 4.17. The number of hydrogen-bond donors (Lipinski definition) is 1. The van der Waals surface area contributed by atoms with E-state index in [1.807, 2.05) is 0 Å². The Labute approximate surface area is 101 Å². The molecule has 1 heterocycles. The Morgan fingerprint density at radius 1 is 1.56 bits per heavy atom. The molecule has 1 N–H and O–H groups in total. The van der Waals surface area contributed by atoms with E-state index in [9.17, 15) is 0 Å². The van der Waals surface area contributed by atoms with Crippen molar-refractivity contribution in [3.8, 4) is 0 Å². The van der Waals surface area contributed by atoms with Crippen molar-refractivity contribution in [2.75, 3.05) is 20.3 Å². The number of ether oxygens (including phenoxy) is 1. The molecule has 0 amide bonds. The molecule has 16 heavy (non-hydrogen) atoms. The predicted molar refractivity (Wildman–Crippen MR) is 65.5 cm³/mol. The van der Waals surface area contributed by atoms with Gasteiger partial charge in [0, 0.05) is 31.6 Å². The van der Waals surface area contributed by atoms with Gasteiger partial charge in [-0.1, -0.05) is 0 Å². The SMILES string of the molecule is COCc1nc(CN(CCO)C(C)C)cs1. The van der Waals surface area contributed by atoms with Crippen LogP contribution in [0, 0.1) is 0 Å². The maximum atomic E-state index is 8.97. The number of rotatable bonds is 7. The van der Waals surface area contributed by atoms with Crippen LogP contribution in [0.25, 0.3) is 0 Å². The Bertz CT molecular complexity index is 302. The molecule has 0 aromatic carbocycles. The summed E-state index contributed by atoms with van der Waals surface area (Å²) in [4.78, 5) is 6.67. The van der Waals surface area contributed by atoms with E-state index in [4.69, 9.17) is 9.84 Å². The average Bonchev–Trinajstić information content (AvgIpc) is 2.65. The number of aliphatic hydroxyl groups is 1. The third-order valence-electron chi connectivity index (χ3n) is 2.35. The van der Waals surface area contributed by atoms with Crippen molar-refractivity contribution in [1.82, 2.24) is 9.88 Å². The van der Waals surface area contributed by atoms with E-state index in [-0.39, 0.29) is 6.61 Å². The summed E-state index contributed by atoms with van der Waals surface area (Å²) in [6.45, 7) is 6.49. The van der Waals surface area contributed by atoms with E-state index in [0.29, 0.717) is 19.2 Å². The molecule has 5 heteroatoms. The lowest BCUT2D eigenvalue weighted by Gasteiger charge is -2.24. The molecule has 0 atom stereocenters. The molecule has 0 spiro atoms. The summed E-state index contributed by atoms with van der Waals surface area (Å²) in [7, 11) is 1.67. The average molecular weight is 244 g/mol. The van der Waals surface area contributed by atoms with Gasteiger partial charge in [0.05, 0.1) is 18.9 Å². The number of thiazole rings is 1. The molecular weight excluding hydrogens is 224 g/mol. The van der Waals surface area contributed by atoms with E-state index < -0.39 is 0 Å². The van der Waals surface area contributed by atoms with Gasteiger partial charge in [0.1, 0.15) is 5.01 Å². The summed E-state index contributed by atoms with van der Waals surface area (Å²) in [6, 6.07) is 0.416. The number of methoxy groups -OCH3 is 1. The highest BCUT2D eigenvalue weighted by Gasteiger charge is 2.11. The van der Waals surface area contributed by atoms with Crippen molar-refractivity contribution in [2.45, 2.75) is 33.0 Å². The number of aromatic nitrogens is 1. The standard InChI is InChI=1S/C11H20N2O2S/c1-9(2)13(4-5-14)6-10-8-16-11(12-10)7-15-3/h8-9,14H,4-7H2,1-3H3. The summed E-state index contributed by atoms with van der Waals surface area (Å²) in [5, 5.41) is 12.0. The van der Waals surface area contributed by atoms with Crippen LogP contribution < -0.4 is 0 Å². The Balaban J connectivity index is 2.55. The molecule has 0 aliphatic rings. The molecule has 0 saturated carbocycles. The lowest BCUT2D eigenvalue weighted by atomic mass is 10.3. The zero-order chi connectivity index (χ0) is 12.0. The summed E-state index contributed by atoms with van der Waals surface area (Å²) in [6.07, 6.45) is 0. The van der Waals surface area contributed by atoms with Crippen molar-refractivity contribution >= 4 is 11.3 Å². The topological polar surface area (TPSA) is 45.6 Å². The van der Waals surface area contributed by atoms with Gasteiger partial charge in [-0.15, -0.1) is 11.3 Å². The molecule has 1 rings (SSSR count). The fourth-order valence-electron chi connectivity index (χ4n) is 1.47. The molecule has 0 fully saturated rings. The molecule has 0 radical (unpaired) electrons. The maximum absolute atomic E-state index is 8.97. The van der Waals surface area contributed by atoms with Crippen LogP contribution in [-0.2, 0) is 17.9 Å². The second kappa shape index (κ2) is 6.96. The van der Waals surface area contributed by atoms with Gasteiger partial charge in [-0.25, -0.2) is 4.98 Å². The van der Waals surface area contributed by atoms with Crippen molar-refractivity contribution in [3.63, 3.8) is 0 Å². The second-order valence-corrected chi connectivity index (χ2v) is 4.90. The van der Waals surface area contributed by atoms with E-state index in [1.165, 1.54) is 0 Å². The minimum absolute atomic E-state index is 0.188. The fraction of sp³-hybridized carbons (Fsp3) is 0.727. The minimum atomic E-state index is 0.188. The van der Waals surface area contributed by atoms with Gasteiger partial charge < -0.3 is 9.84 Å². The summed E-state index contributed by atoms with van der Waals surface area (Å²) >= 11 is 1.62. The highest BCUT2D eigenvalue weighted by molar-refractivity contribution is 7.09. The second-order valence-electron chi connectivity index (χ2n) is 3.95. The number of hydrogen-bond acceptors (Lipinski definition) is 5. The lowest BCUT2D eigenvalue weighted by Crippen LogP contribution is -2.33. The van der Waals surface area contributed by atoms with Crippen molar-refractivity contribution in [2.24, 2.45) is 0 Å². The lowest BCUT2D eigenvalue weighted by molar-refractivity contribution is 0.157. The van der Waals surface area contributed by atoms with Crippen LogP contribution >= 0.6 is 11.3 Å². The molecule has 1 aromatic rings. The molecule has 1 aromatic heterocycles. The highest BCUT2D eigenvalue weighted by Crippen LogP contribution is 2.13. The zero-order valence-electron chi connectivity index (χ0n) is 10.1. The van der Waals surface area contributed by atoms with Gasteiger partial charge in [0.2, 0.25) is 0 Å². The number of nitrogens with zero attached hydrogens (tertiary/aromatic N) is 2. The monoisotopic (exact) mass is 244 g/mol. The zero-order valence-corrected chi connectivity index (χ0v) is 11.0. The van der Waals surface area contributed by atoms with Gasteiger partial charge in [0.25, 0.3) is 0 Å². The predicted octanol–water partition coefficient (Wildman–Crippen LogP) is 1.49. The van der Waals surface area contributed by atoms with Gasteiger partial charge in [-0.3, -0.25) is 4.90 Å². The highest BCUT2D eigenvalue weighted by atomic mass is 32.1. The summed E-state index contributed by atoms with van der Waals surface area (Å²) in [5.41, 5.74) is 1.05. The molecule has 0 aliphatic carbocycles. The first-order chi connectivity index (χ1) is 7.67. The molecule has 0 saturated heterocycles. The Morgan fingerprint density at radius 3 is 2.88 bits per heavy atom. The normalized spacial score (nSPS) is 11.6. The van der Waals surface area contributed by atoms with Gasteiger partial charge in [0.15, 0.2) is 0 Å². The minimum Gasteiger partial charge on any atom is -0.395 e. The van der Waals surface area contributed by atoms with Crippen LogP contribution in [0.5, 0.6) is 0 Å². The van der Waals surface area contributed by atoms with E-state index in [0.717, 1.165) is 17.2 Å². The smallest absolute Gasteiger partial charge is 0.119 e. The Kier molecular flexibility index (Phi) is 5.90. The van der Waals surface area contributed by atoms with Gasteiger partial charge in [-0.2, -0.15) is 0 Å². The Morgan fingerprint density at radius 2 is 2.31 bits per heavy atom. The van der Waals surface area contributed by atoms with E-state index in [1.54, 1.807) is 18.4 Å². The van der Waals surface area contributed by atoms with E-state index >= 15 is 0 Å². The fourth-order valence-corrected chi connectivity index (χ4v) is 2.22. The molecule has 92 valence electrons. The maximum Gasteiger partial charge on any atom is 0.119 e. The Hall–Kier alpha value is -0.490. The van der Waals surface area contributed by atoms with Crippen molar-refractivity contribution in [3.05, 3.63) is 16.1 Å². The van der Waals surface area contributed by atoms with Crippen LogP contribution in [-0.4, -0.2) is 41.3 Å².